The predicted octanol–water partition coefficient (Wildman–Crippen LogP) is 1.88. The van der Waals surface area contributed by atoms with Crippen molar-refractivity contribution in [2.24, 2.45) is 7.05 Å². The van der Waals surface area contributed by atoms with Crippen LogP contribution in [0, 0.1) is 0 Å². The molecule has 0 saturated heterocycles. The molecular weight excluding hydrogens is 226 g/mol. The standard InChI is InChI=1S/C13H21N5/c1-4-11(2)18-13(5-7-15-18)10-14-9-12-6-8-17(3)16-12/h5-8,11,14H,4,9-10H2,1-3H3. The Morgan fingerprint density at radius 1 is 1.33 bits per heavy atom. The topological polar surface area (TPSA) is 47.7 Å². The molecule has 0 bridgehead atoms. The third kappa shape index (κ3) is 2.98. The monoisotopic (exact) mass is 247 g/mol. The molecule has 1 N–H and O–H groups in total. The van der Waals surface area contributed by atoms with Gasteiger partial charge < -0.3 is 5.32 Å². The van der Waals surface area contributed by atoms with Gasteiger partial charge >= 0.3 is 0 Å². The van der Waals surface area contributed by atoms with E-state index in [4.69, 9.17) is 0 Å². The van der Waals surface area contributed by atoms with E-state index in [1.807, 2.05) is 30.2 Å². The largest absolute Gasteiger partial charge is 0.305 e. The minimum atomic E-state index is 0.451. The van der Waals surface area contributed by atoms with Gasteiger partial charge in [0.05, 0.1) is 11.4 Å². The number of nitrogens with zero attached hydrogens (tertiary/aromatic N) is 4. The first kappa shape index (κ1) is 12.8. The fourth-order valence-corrected chi connectivity index (χ4v) is 1.93. The summed E-state index contributed by atoms with van der Waals surface area (Å²) in [5.74, 6) is 0. The molecule has 2 aromatic heterocycles. The molecule has 2 aromatic rings. The number of aryl methyl sites for hydroxylation is 1. The molecule has 0 aliphatic carbocycles. The lowest BCUT2D eigenvalue weighted by Crippen LogP contribution is -2.18. The van der Waals surface area contributed by atoms with Crippen LogP contribution in [0.3, 0.4) is 0 Å². The summed E-state index contributed by atoms with van der Waals surface area (Å²) < 4.78 is 3.91. The van der Waals surface area contributed by atoms with Gasteiger partial charge in [-0.25, -0.2) is 0 Å². The summed E-state index contributed by atoms with van der Waals surface area (Å²) in [6.07, 6.45) is 4.92. The SMILES string of the molecule is CCC(C)n1nccc1CNCc1ccn(C)n1. The van der Waals surface area contributed by atoms with Crippen molar-refractivity contribution in [1.82, 2.24) is 24.9 Å². The highest BCUT2D eigenvalue weighted by atomic mass is 15.3. The lowest BCUT2D eigenvalue weighted by molar-refractivity contribution is 0.451. The second kappa shape index (κ2) is 5.82. The van der Waals surface area contributed by atoms with Crippen LogP contribution in [0.25, 0.3) is 0 Å². The predicted molar refractivity (Wildman–Crippen MR) is 71.0 cm³/mol. The average Bonchev–Trinajstić information content (AvgIpc) is 2.98. The highest BCUT2D eigenvalue weighted by Gasteiger charge is 2.07. The Hall–Kier alpha value is -1.62. The fraction of sp³-hybridized carbons (Fsp3) is 0.538. The van der Waals surface area contributed by atoms with E-state index in [0.717, 1.165) is 25.2 Å². The number of nitrogens with one attached hydrogen (secondary N) is 1. The number of hydrogen-bond donors (Lipinski definition) is 1. The summed E-state index contributed by atoms with van der Waals surface area (Å²) in [5, 5.41) is 12.1. The summed E-state index contributed by atoms with van der Waals surface area (Å²) >= 11 is 0. The van der Waals surface area contributed by atoms with Crippen LogP contribution in [0.4, 0.5) is 0 Å². The Bertz CT molecular complexity index is 485. The molecule has 0 aliphatic rings. The van der Waals surface area contributed by atoms with Crippen molar-refractivity contribution in [1.29, 1.82) is 0 Å². The molecule has 1 unspecified atom stereocenters. The zero-order chi connectivity index (χ0) is 13.0. The maximum absolute atomic E-state index is 4.37. The van der Waals surface area contributed by atoms with Gasteiger partial charge in [0.15, 0.2) is 0 Å². The van der Waals surface area contributed by atoms with Crippen molar-refractivity contribution in [3.63, 3.8) is 0 Å². The van der Waals surface area contributed by atoms with Gasteiger partial charge in [-0.05, 0) is 25.5 Å². The van der Waals surface area contributed by atoms with Gasteiger partial charge in [0.2, 0.25) is 0 Å². The summed E-state index contributed by atoms with van der Waals surface area (Å²) in [6.45, 7) is 5.97. The van der Waals surface area contributed by atoms with E-state index in [1.54, 1.807) is 0 Å². The van der Waals surface area contributed by atoms with Gasteiger partial charge in [0, 0.05) is 38.6 Å². The Labute approximate surface area is 108 Å². The average molecular weight is 247 g/mol. The van der Waals surface area contributed by atoms with Gasteiger partial charge in [0.25, 0.3) is 0 Å². The Balaban J connectivity index is 1.88. The minimum Gasteiger partial charge on any atom is -0.305 e. The van der Waals surface area contributed by atoms with Crippen LogP contribution in [-0.4, -0.2) is 19.6 Å². The van der Waals surface area contributed by atoms with E-state index >= 15 is 0 Å². The first-order valence-electron chi connectivity index (χ1n) is 6.42. The highest BCUT2D eigenvalue weighted by Crippen LogP contribution is 2.12. The Morgan fingerprint density at radius 2 is 2.17 bits per heavy atom. The molecule has 0 radical (unpaired) electrons. The zero-order valence-electron chi connectivity index (χ0n) is 11.3. The van der Waals surface area contributed by atoms with Gasteiger partial charge in [0.1, 0.15) is 0 Å². The van der Waals surface area contributed by atoms with E-state index in [0.29, 0.717) is 6.04 Å². The van der Waals surface area contributed by atoms with E-state index in [2.05, 4.69) is 40.1 Å². The molecule has 1 atom stereocenters. The maximum Gasteiger partial charge on any atom is 0.0762 e. The van der Waals surface area contributed by atoms with E-state index in [-0.39, 0.29) is 0 Å². The molecule has 0 spiro atoms. The van der Waals surface area contributed by atoms with Crippen molar-refractivity contribution >= 4 is 0 Å². The van der Waals surface area contributed by atoms with Crippen LogP contribution in [0.5, 0.6) is 0 Å². The van der Waals surface area contributed by atoms with Crippen molar-refractivity contribution < 1.29 is 0 Å². The number of hydrogen-bond acceptors (Lipinski definition) is 3. The van der Waals surface area contributed by atoms with Crippen LogP contribution in [0.2, 0.25) is 0 Å². The fourth-order valence-electron chi connectivity index (χ4n) is 1.93. The lowest BCUT2D eigenvalue weighted by Gasteiger charge is -2.13. The summed E-state index contributed by atoms with van der Waals surface area (Å²) in [6, 6.07) is 4.54. The third-order valence-electron chi connectivity index (χ3n) is 3.14. The van der Waals surface area contributed by atoms with Gasteiger partial charge in [-0.1, -0.05) is 6.92 Å². The van der Waals surface area contributed by atoms with E-state index in [1.165, 1.54) is 5.69 Å². The van der Waals surface area contributed by atoms with Crippen molar-refractivity contribution in [2.75, 3.05) is 0 Å². The van der Waals surface area contributed by atoms with Crippen LogP contribution in [0.15, 0.2) is 24.5 Å². The molecule has 18 heavy (non-hydrogen) atoms. The van der Waals surface area contributed by atoms with E-state index in [9.17, 15) is 0 Å². The van der Waals surface area contributed by atoms with Crippen LogP contribution in [0.1, 0.15) is 37.7 Å². The van der Waals surface area contributed by atoms with Crippen LogP contribution < -0.4 is 5.32 Å². The molecular formula is C13H21N5. The third-order valence-corrected chi connectivity index (χ3v) is 3.14. The van der Waals surface area contributed by atoms with Crippen molar-refractivity contribution in [2.45, 2.75) is 39.4 Å². The molecule has 0 aromatic carbocycles. The van der Waals surface area contributed by atoms with Crippen molar-refractivity contribution in [3.8, 4) is 0 Å². The molecule has 0 saturated carbocycles. The quantitative estimate of drug-likeness (QED) is 0.848. The maximum atomic E-state index is 4.37. The highest BCUT2D eigenvalue weighted by molar-refractivity contribution is 5.03. The molecule has 5 heteroatoms. The molecule has 2 heterocycles. The molecule has 98 valence electrons. The molecule has 5 nitrogen and oxygen atoms in total. The first-order valence-corrected chi connectivity index (χ1v) is 6.42. The van der Waals surface area contributed by atoms with Crippen LogP contribution >= 0.6 is 0 Å². The van der Waals surface area contributed by atoms with Gasteiger partial charge in [-0.2, -0.15) is 10.2 Å². The first-order chi connectivity index (χ1) is 8.70. The molecule has 2 rings (SSSR count). The zero-order valence-corrected chi connectivity index (χ0v) is 11.3. The second-order valence-electron chi connectivity index (χ2n) is 4.61. The minimum absolute atomic E-state index is 0.451. The van der Waals surface area contributed by atoms with Crippen molar-refractivity contribution in [3.05, 3.63) is 35.9 Å². The normalized spacial score (nSPS) is 12.8. The summed E-state index contributed by atoms with van der Waals surface area (Å²) in [7, 11) is 1.93. The Morgan fingerprint density at radius 3 is 2.83 bits per heavy atom. The molecule has 0 amide bonds. The number of rotatable bonds is 6. The molecule has 0 fully saturated rings. The number of aromatic nitrogens is 4. The van der Waals surface area contributed by atoms with Gasteiger partial charge in [-0.3, -0.25) is 9.36 Å². The summed E-state index contributed by atoms with van der Waals surface area (Å²) in [5.41, 5.74) is 2.28. The summed E-state index contributed by atoms with van der Waals surface area (Å²) in [4.78, 5) is 0. The lowest BCUT2D eigenvalue weighted by atomic mass is 10.2. The second-order valence-corrected chi connectivity index (χ2v) is 4.61. The van der Waals surface area contributed by atoms with Crippen LogP contribution in [-0.2, 0) is 20.1 Å². The molecule has 0 aliphatic heterocycles. The van der Waals surface area contributed by atoms with Gasteiger partial charge in [-0.15, -0.1) is 0 Å². The van der Waals surface area contributed by atoms with E-state index < -0.39 is 0 Å². The Kier molecular flexibility index (Phi) is 4.15. The smallest absolute Gasteiger partial charge is 0.0762 e.